The SMILES string of the molecule is COc1ccc(C)cc1COC(=O)COc1ccc2c3c(c(=O)oc2c1)CCC3. The second-order valence-electron chi connectivity index (χ2n) is 7.12. The summed E-state index contributed by atoms with van der Waals surface area (Å²) in [4.78, 5) is 24.2. The molecule has 1 aliphatic carbocycles. The number of rotatable bonds is 6. The number of carbonyl (C=O) groups excluding carboxylic acids is 1. The van der Waals surface area contributed by atoms with Gasteiger partial charge in [0.2, 0.25) is 0 Å². The van der Waals surface area contributed by atoms with E-state index in [1.54, 1.807) is 19.2 Å². The molecule has 3 aromatic rings. The minimum absolute atomic E-state index is 0.103. The lowest BCUT2D eigenvalue weighted by atomic mass is 10.1. The number of methoxy groups -OCH3 is 1. The van der Waals surface area contributed by atoms with E-state index in [4.69, 9.17) is 18.6 Å². The van der Waals surface area contributed by atoms with E-state index in [0.717, 1.165) is 46.9 Å². The molecule has 1 heterocycles. The van der Waals surface area contributed by atoms with E-state index in [1.807, 2.05) is 31.2 Å². The highest BCUT2D eigenvalue weighted by Gasteiger charge is 2.19. The van der Waals surface area contributed by atoms with E-state index >= 15 is 0 Å². The first kappa shape index (κ1) is 19.1. The number of esters is 1. The molecule has 0 amide bonds. The number of benzene rings is 2. The first-order valence-electron chi connectivity index (χ1n) is 9.55. The number of carbonyl (C=O) groups is 1. The molecule has 0 unspecified atom stereocenters. The fourth-order valence-electron chi connectivity index (χ4n) is 3.72. The van der Waals surface area contributed by atoms with E-state index in [9.17, 15) is 9.59 Å². The monoisotopic (exact) mass is 394 g/mol. The van der Waals surface area contributed by atoms with E-state index in [0.29, 0.717) is 17.1 Å². The van der Waals surface area contributed by atoms with Crippen LogP contribution in [0.1, 0.15) is 28.7 Å². The molecule has 6 nitrogen and oxygen atoms in total. The van der Waals surface area contributed by atoms with Gasteiger partial charge in [0.25, 0.3) is 0 Å². The van der Waals surface area contributed by atoms with Crippen molar-refractivity contribution in [2.75, 3.05) is 13.7 Å². The van der Waals surface area contributed by atoms with Gasteiger partial charge in [-0.1, -0.05) is 11.6 Å². The third kappa shape index (κ3) is 3.97. The normalized spacial score (nSPS) is 12.6. The average molecular weight is 394 g/mol. The number of hydrogen-bond donors (Lipinski definition) is 0. The lowest BCUT2D eigenvalue weighted by Crippen LogP contribution is -2.15. The van der Waals surface area contributed by atoms with E-state index in [2.05, 4.69) is 0 Å². The number of fused-ring (bicyclic) bond motifs is 3. The van der Waals surface area contributed by atoms with Gasteiger partial charge in [0, 0.05) is 22.6 Å². The molecule has 0 saturated heterocycles. The van der Waals surface area contributed by atoms with Gasteiger partial charge in [-0.2, -0.15) is 0 Å². The molecule has 1 aliphatic rings. The van der Waals surface area contributed by atoms with Crippen molar-refractivity contribution in [1.82, 2.24) is 0 Å². The molecule has 29 heavy (non-hydrogen) atoms. The second-order valence-corrected chi connectivity index (χ2v) is 7.12. The molecule has 0 atom stereocenters. The van der Waals surface area contributed by atoms with Crippen molar-refractivity contribution in [2.24, 2.45) is 0 Å². The van der Waals surface area contributed by atoms with Gasteiger partial charge in [0.1, 0.15) is 23.7 Å². The minimum atomic E-state index is -0.496. The summed E-state index contributed by atoms with van der Waals surface area (Å²) in [6.45, 7) is 1.82. The molecule has 0 aliphatic heterocycles. The average Bonchev–Trinajstić information content (AvgIpc) is 3.21. The zero-order chi connectivity index (χ0) is 20.4. The van der Waals surface area contributed by atoms with Gasteiger partial charge in [-0.05, 0) is 56.0 Å². The van der Waals surface area contributed by atoms with Crippen LogP contribution >= 0.6 is 0 Å². The van der Waals surface area contributed by atoms with Gasteiger partial charge in [-0.15, -0.1) is 0 Å². The molecule has 0 radical (unpaired) electrons. The van der Waals surface area contributed by atoms with Gasteiger partial charge in [0.15, 0.2) is 6.61 Å². The molecule has 0 N–H and O–H groups in total. The Labute approximate surface area is 168 Å². The summed E-state index contributed by atoms with van der Waals surface area (Å²) in [5.41, 5.74) is 3.88. The summed E-state index contributed by atoms with van der Waals surface area (Å²) >= 11 is 0. The van der Waals surface area contributed by atoms with Crippen molar-refractivity contribution in [1.29, 1.82) is 0 Å². The molecule has 4 rings (SSSR count). The summed E-state index contributed by atoms with van der Waals surface area (Å²) in [5.74, 6) is 0.620. The van der Waals surface area contributed by atoms with Gasteiger partial charge < -0.3 is 18.6 Å². The van der Waals surface area contributed by atoms with Gasteiger partial charge in [-0.3, -0.25) is 0 Å². The Morgan fingerprint density at radius 2 is 1.93 bits per heavy atom. The first-order chi connectivity index (χ1) is 14.0. The van der Waals surface area contributed by atoms with Crippen LogP contribution in [0.25, 0.3) is 11.0 Å². The molecular formula is C23H22O6. The Morgan fingerprint density at radius 1 is 1.10 bits per heavy atom. The Morgan fingerprint density at radius 3 is 2.76 bits per heavy atom. The predicted octanol–water partition coefficient (Wildman–Crippen LogP) is 3.72. The van der Waals surface area contributed by atoms with E-state index in [1.165, 1.54) is 0 Å². The molecule has 0 fully saturated rings. The maximum absolute atomic E-state index is 12.1. The van der Waals surface area contributed by atoms with Gasteiger partial charge in [-0.25, -0.2) is 9.59 Å². The standard InChI is InChI=1S/C23H22O6/c1-14-6-9-20(26-2)15(10-14)12-28-22(24)13-27-16-7-8-18-17-4-3-5-19(17)23(25)29-21(18)11-16/h6-11H,3-5,12-13H2,1-2H3. The van der Waals surface area contributed by atoms with Crippen molar-refractivity contribution in [2.45, 2.75) is 32.8 Å². The van der Waals surface area contributed by atoms with Crippen LogP contribution in [0, 0.1) is 6.92 Å². The van der Waals surface area contributed by atoms with Crippen molar-refractivity contribution in [3.8, 4) is 11.5 Å². The summed E-state index contributed by atoms with van der Waals surface area (Å²) < 4.78 is 21.5. The molecule has 1 aromatic heterocycles. The largest absolute Gasteiger partial charge is 0.496 e. The molecule has 2 aromatic carbocycles. The van der Waals surface area contributed by atoms with Crippen molar-refractivity contribution in [3.05, 3.63) is 69.1 Å². The van der Waals surface area contributed by atoms with Crippen LogP contribution in [0.2, 0.25) is 0 Å². The topological polar surface area (TPSA) is 75.0 Å². The van der Waals surface area contributed by atoms with Crippen LogP contribution in [-0.2, 0) is 29.0 Å². The lowest BCUT2D eigenvalue weighted by molar-refractivity contribution is -0.147. The maximum atomic E-state index is 12.1. The highest BCUT2D eigenvalue weighted by molar-refractivity contribution is 5.83. The number of ether oxygens (including phenoxy) is 3. The van der Waals surface area contributed by atoms with Gasteiger partial charge in [0.05, 0.1) is 7.11 Å². The van der Waals surface area contributed by atoms with E-state index in [-0.39, 0.29) is 18.8 Å². The summed E-state index contributed by atoms with van der Waals surface area (Å²) in [6, 6.07) is 11.0. The predicted molar refractivity (Wildman–Crippen MR) is 108 cm³/mol. The molecule has 0 spiro atoms. The Kier molecular flexibility index (Phi) is 5.25. The highest BCUT2D eigenvalue weighted by atomic mass is 16.6. The summed E-state index contributed by atoms with van der Waals surface area (Å²) in [7, 11) is 1.58. The fourth-order valence-corrected chi connectivity index (χ4v) is 3.72. The number of hydrogen-bond acceptors (Lipinski definition) is 6. The zero-order valence-corrected chi connectivity index (χ0v) is 16.4. The van der Waals surface area contributed by atoms with Crippen LogP contribution in [0.5, 0.6) is 11.5 Å². The smallest absolute Gasteiger partial charge is 0.344 e. The molecule has 6 heteroatoms. The molecule has 0 saturated carbocycles. The van der Waals surface area contributed by atoms with Crippen molar-refractivity contribution >= 4 is 16.9 Å². The van der Waals surface area contributed by atoms with Crippen LogP contribution in [-0.4, -0.2) is 19.7 Å². The van der Waals surface area contributed by atoms with Gasteiger partial charge >= 0.3 is 11.6 Å². The maximum Gasteiger partial charge on any atom is 0.344 e. The molecular weight excluding hydrogens is 372 g/mol. The summed E-state index contributed by atoms with van der Waals surface area (Å²) in [6.07, 6.45) is 2.62. The fraction of sp³-hybridized carbons (Fsp3) is 0.304. The van der Waals surface area contributed by atoms with Crippen molar-refractivity contribution < 1.29 is 23.4 Å². The first-order valence-corrected chi connectivity index (χ1v) is 9.55. The lowest BCUT2D eigenvalue weighted by Gasteiger charge is -2.11. The quantitative estimate of drug-likeness (QED) is 0.469. The van der Waals surface area contributed by atoms with Crippen LogP contribution < -0.4 is 15.1 Å². The van der Waals surface area contributed by atoms with Crippen molar-refractivity contribution in [3.63, 3.8) is 0 Å². The van der Waals surface area contributed by atoms with E-state index < -0.39 is 5.97 Å². The Bertz CT molecular complexity index is 1130. The van der Waals surface area contributed by atoms with Crippen LogP contribution in [0.3, 0.4) is 0 Å². The minimum Gasteiger partial charge on any atom is -0.496 e. The van der Waals surface area contributed by atoms with Crippen LogP contribution in [0.15, 0.2) is 45.6 Å². The van der Waals surface area contributed by atoms with Crippen LogP contribution in [0.4, 0.5) is 0 Å². The number of aryl methyl sites for hydroxylation is 2. The zero-order valence-electron chi connectivity index (χ0n) is 16.4. The molecule has 0 bridgehead atoms. The summed E-state index contributed by atoms with van der Waals surface area (Å²) in [5, 5.41) is 0.929. The Balaban J connectivity index is 1.41. The highest BCUT2D eigenvalue weighted by Crippen LogP contribution is 2.29. The Hall–Kier alpha value is -3.28. The third-order valence-corrected chi connectivity index (χ3v) is 5.13. The second kappa shape index (κ2) is 7.99. The third-order valence-electron chi connectivity index (χ3n) is 5.13. The molecule has 150 valence electrons.